The van der Waals surface area contributed by atoms with E-state index in [0.717, 1.165) is 56.1 Å². The van der Waals surface area contributed by atoms with Crippen molar-refractivity contribution in [1.29, 1.82) is 0 Å². The van der Waals surface area contributed by atoms with E-state index in [0.29, 0.717) is 40.2 Å². The molecule has 48 heavy (non-hydrogen) atoms. The maximum atomic E-state index is 11.9. The maximum Gasteiger partial charge on any atom is 0.170 e. The third-order valence-electron chi connectivity index (χ3n) is 15.5. The van der Waals surface area contributed by atoms with Crippen LogP contribution in [0.2, 0.25) is 0 Å². The van der Waals surface area contributed by atoms with Crippen LogP contribution in [0.4, 0.5) is 0 Å². The van der Waals surface area contributed by atoms with Gasteiger partial charge < -0.3 is 29.5 Å². The topological polar surface area (TPSA) is 88.4 Å². The fourth-order valence-corrected chi connectivity index (χ4v) is 13.6. The molecule has 4 fully saturated rings. The molecule has 258 valence electrons. The second-order valence-electron chi connectivity index (χ2n) is 19.2. The van der Waals surface area contributed by atoms with Gasteiger partial charge >= 0.3 is 0 Å². The molecule has 2 aromatic rings. The fraction of sp³-hybridized carbons (Fsp3) is 0.667. The van der Waals surface area contributed by atoms with Gasteiger partial charge in [-0.2, -0.15) is 0 Å². The summed E-state index contributed by atoms with van der Waals surface area (Å²) in [4.78, 5) is 0. The van der Waals surface area contributed by atoms with Crippen molar-refractivity contribution < 1.29 is 29.5 Å². The monoisotopic (exact) mass is 654 g/mol. The van der Waals surface area contributed by atoms with Crippen LogP contribution in [0, 0.1) is 39.4 Å². The Morgan fingerprint density at radius 1 is 0.688 bits per heavy atom. The van der Waals surface area contributed by atoms with Gasteiger partial charge in [0.05, 0.1) is 0 Å². The third-order valence-corrected chi connectivity index (χ3v) is 15.5. The molecule has 4 aliphatic carbocycles. The molecule has 0 bridgehead atoms. The summed E-state index contributed by atoms with van der Waals surface area (Å²) >= 11 is 0. The predicted molar refractivity (Wildman–Crippen MR) is 187 cm³/mol. The molecular weight excluding hydrogens is 600 g/mol. The van der Waals surface area contributed by atoms with Gasteiger partial charge in [0, 0.05) is 40.3 Å². The lowest BCUT2D eigenvalue weighted by Gasteiger charge is -2.65. The van der Waals surface area contributed by atoms with Gasteiger partial charge in [0.2, 0.25) is 0 Å². The van der Waals surface area contributed by atoms with Crippen LogP contribution in [0.3, 0.4) is 0 Å². The quantitative estimate of drug-likeness (QED) is 0.245. The van der Waals surface area contributed by atoms with Gasteiger partial charge in [-0.25, -0.2) is 0 Å². The highest BCUT2D eigenvalue weighted by Crippen LogP contribution is 2.72. The van der Waals surface area contributed by atoms with Gasteiger partial charge in [0.15, 0.2) is 23.0 Å². The van der Waals surface area contributed by atoms with Gasteiger partial charge in [0.1, 0.15) is 28.8 Å². The highest BCUT2D eigenvalue weighted by atomic mass is 16.5. The first-order valence-electron chi connectivity index (χ1n) is 18.7. The molecule has 3 N–H and O–H groups in total. The molecular formula is C42H54O6. The van der Waals surface area contributed by atoms with E-state index in [2.05, 4.69) is 61.5 Å². The first kappa shape index (κ1) is 31.0. The van der Waals surface area contributed by atoms with E-state index in [9.17, 15) is 15.3 Å². The summed E-state index contributed by atoms with van der Waals surface area (Å²) in [5, 5.41) is 35.0. The average molecular weight is 655 g/mol. The smallest absolute Gasteiger partial charge is 0.170 e. The number of rotatable bonds is 0. The molecule has 0 aromatic heterocycles. The first-order chi connectivity index (χ1) is 22.4. The van der Waals surface area contributed by atoms with Gasteiger partial charge in [-0.3, -0.25) is 0 Å². The Kier molecular flexibility index (Phi) is 5.94. The highest BCUT2D eigenvalue weighted by Gasteiger charge is 2.66. The zero-order valence-corrected chi connectivity index (χ0v) is 30.2. The Labute approximate surface area is 285 Å². The lowest BCUT2D eigenvalue weighted by molar-refractivity contribution is -0.197. The summed E-state index contributed by atoms with van der Waals surface area (Å²) in [6, 6.07) is 3.31. The number of phenols is 3. The Morgan fingerprint density at radius 2 is 1.35 bits per heavy atom. The molecule has 8 unspecified atom stereocenters. The Hall–Kier alpha value is -3.02. The number of hydrogen-bond donors (Lipinski definition) is 3. The van der Waals surface area contributed by atoms with Crippen LogP contribution < -0.4 is 14.2 Å². The van der Waals surface area contributed by atoms with Crippen molar-refractivity contribution in [2.75, 3.05) is 0 Å². The maximum absolute atomic E-state index is 11.9. The number of ether oxygens (including phenoxy) is 3. The Balaban J connectivity index is 1.28. The van der Waals surface area contributed by atoms with Crippen molar-refractivity contribution in [3.8, 4) is 45.6 Å². The van der Waals surface area contributed by atoms with Crippen LogP contribution in [0.25, 0.3) is 17.2 Å². The zero-order chi connectivity index (χ0) is 34.0. The number of benzene rings is 2. The van der Waals surface area contributed by atoms with Gasteiger partial charge in [-0.1, -0.05) is 54.4 Å². The molecule has 2 aromatic carbocycles. The largest absolute Gasteiger partial charge is 0.504 e. The van der Waals surface area contributed by atoms with E-state index in [4.69, 9.17) is 14.2 Å². The highest BCUT2D eigenvalue weighted by molar-refractivity contribution is 5.95. The second kappa shape index (κ2) is 9.20. The Morgan fingerprint density at radius 3 is 2.10 bits per heavy atom. The minimum absolute atomic E-state index is 0.00696. The summed E-state index contributed by atoms with van der Waals surface area (Å²) in [5.74, 6) is 2.14. The van der Waals surface area contributed by atoms with Gasteiger partial charge in [-0.15, -0.1) is 0 Å². The first-order valence-corrected chi connectivity index (χ1v) is 18.7. The van der Waals surface area contributed by atoms with Crippen molar-refractivity contribution >= 4 is 6.08 Å². The summed E-state index contributed by atoms with van der Waals surface area (Å²) in [5.41, 5.74) is 3.29. The summed E-state index contributed by atoms with van der Waals surface area (Å²) in [6.45, 7) is 19.0. The standard InChI is InChI=1S/C42H54O6/c1-37(2)13-9-15-39(5)27(37)11-17-41(7)29(39)19-22-25(47-41)21-24(44)34-30(22)32-31-26(20-23(43)33(32)45)48-42(8)18-12-28-38(3,4)14-10-16-40(28,6)36(42)35(31)46-34/h19-21,27-28,35-36,43-45H,9-18H2,1-8H3. The number of hydrogen-bond acceptors (Lipinski definition) is 6. The molecule has 6 heteroatoms. The van der Waals surface area contributed by atoms with E-state index in [-0.39, 0.29) is 44.8 Å². The van der Waals surface area contributed by atoms with Crippen LogP contribution in [0.1, 0.15) is 137 Å². The lowest BCUT2D eigenvalue weighted by atomic mass is 9.44. The molecule has 9 rings (SSSR count). The van der Waals surface area contributed by atoms with E-state index < -0.39 is 17.3 Å². The number of aromatic hydroxyl groups is 3. The van der Waals surface area contributed by atoms with Crippen molar-refractivity contribution in [1.82, 2.24) is 0 Å². The van der Waals surface area contributed by atoms with Crippen LogP contribution in [-0.4, -0.2) is 26.5 Å². The number of phenolic OH excluding ortho intramolecular Hbond substituents is 3. The van der Waals surface area contributed by atoms with Crippen molar-refractivity contribution in [2.24, 2.45) is 39.4 Å². The second-order valence-corrected chi connectivity index (χ2v) is 19.2. The van der Waals surface area contributed by atoms with E-state index in [1.54, 1.807) is 12.1 Å². The molecule has 7 aliphatic rings. The van der Waals surface area contributed by atoms with Crippen LogP contribution >= 0.6 is 0 Å². The molecule has 0 amide bonds. The fourth-order valence-electron chi connectivity index (χ4n) is 13.6. The molecule has 6 nitrogen and oxygen atoms in total. The normalized spacial score (nSPS) is 40.8. The van der Waals surface area contributed by atoms with Crippen molar-refractivity contribution in [2.45, 2.75) is 137 Å². The molecule has 0 radical (unpaired) electrons. The predicted octanol–water partition coefficient (Wildman–Crippen LogP) is 10.5. The minimum atomic E-state index is -0.523. The van der Waals surface area contributed by atoms with E-state index >= 15 is 0 Å². The molecule has 4 saturated carbocycles. The number of fused-ring (bicyclic) bond motifs is 11. The average Bonchev–Trinajstić information content (AvgIpc) is 2.97. The summed E-state index contributed by atoms with van der Waals surface area (Å²) in [6.07, 6.45) is 12.8. The van der Waals surface area contributed by atoms with E-state index in [1.807, 2.05) is 0 Å². The van der Waals surface area contributed by atoms with Crippen LogP contribution in [0.5, 0.6) is 34.5 Å². The van der Waals surface area contributed by atoms with Crippen molar-refractivity contribution in [3.63, 3.8) is 0 Å². The molecule has 3 aliphatic heterocycles. The van der Waals surface area contributed by atoms with E-state index in [1.165, 1.54) is 24.8 Å². The van der Waals surface area contributed by atoms with Crippen molar-refractivity contribution in [3.05, 3.63) is 28.8 Å². The summed E-state index contributed by atoms with van der Waals surface area (Å²) in [7, 11) is 0. The van der Waals surface area contributed by atoms with Gasteiger partial charge in [0.25, 0.3) is 0 Å². The van der Waals surface area contributed by atoms with Gasteiger partial charge in [-0.05, 0) is 110 Å². The summed E-state index contributed by atoms with van der Waals surface area (Å²) < 4.78 is 21.2. The third kappa shape index (κ3) is 3.71. The zero-order valence-electron chi connectivity index (χ0n) is 30.2. The molecule has 3 heterocycles. The molecule has 0 saturated heterocycles. The Bertz CT molecular complexity index is 1800. The minimum Gasteiger partial charge on any atom is -0.504 e. The molecule has 0 spiro atoms. The molecule has 8 atom stereocenters. The van der Waals surface area contributed by atoms with Crippen LogP contribution in [-0.2, 0) is 0 Å². The SMILES string of the molecule is CC12CCC3C(C)(C)CCCC3(C)C1=Cc1c(cc(O)c3c1-c1c(O)c(O)cc4c1C(O3)C1C(C)(CCC3C(C)(C)CCCC31C)O4)O2. The van der Waals surface area contributed by atoms with Crippen LogP contribution in [0.15, 0.2) is 17.7 Å². The lowest BCUT2D eigenvalue weighted by Crippen LogP contribution is -2.63.